The van der Waals surface area contributed by atoms with E-state index in [4.69, 9.17) is 14.9 Å². The molecule has 0 spiro atoms. The molecule has 3 aromatic rings. The number of hydrazone groups is 1. The summed E-state index contributed by atoms with van der Waals surface area (Å²) in [6.45, 7) is 0. The van der Waals surface area contributed by atoms with Crippen LogP contribution >= 0.6 is 0 Å². The second kappa shape index (κ2) is 6.83. The number of hydrogen-bond acceptors (Lipinski definition) is 5. The average Bonchev–Trinajstić information content (AvgIpc) is 2.65. The highest BCUT2D eigenvalue weighted by Crippen LogP contribution is 2.20. The molecule has 8 heteroatoms. The number of nitrogens with two attached hydrogens (primary N) is 1. The number of methoxy groups -OCH3 is 1. The van der Waals surface area contributed by atoms with Crippen molar-refractivity contribution in [2.45, 2.75) is 0 Å². The highest BCUT2D eigenvalue weighted by molar-refractivity contribution is 6.01. The van der Waals surface area contributed by atoms with Crippen molar-refractivity contribution >= 4 is 22.7 Å². The predicted molar refractivity (Wildman–Crippen MR) is 90.2 cm³/mol. The van der Waals surface area contributed by atoms with Crippen LogP contribution in [0.5, 0.6) is 5.75 Å². The minimum absolute atomic E-state index is 0.0439. The monoisotopic (exact) mass is 339 g/mol. The smallest absolute Gasteiger partial charge is 0.347 e. The van der Waals surface area contributed by atoms with E-state index >= 15 is 0 Å². The molecule has 0 saturated heterocycles. The predicted octanol–water partition coefficient (Wildman–Crippen LogP) is 0.666. The van der Waals surface area contributed by atoms with Crippen molar-refractivity contribution in [3.63, 3.8) is 0 Å². The van der Waals surface area contributed by atoms with Crippen LogP contribution in [0.15, 0.2) is 63.1 Å². The highest BCUT2D eigenvalue weighted by Gasteiger charge is 2.11. The van der Waals surface area contributed by atoms with Gasteiger partial charge in [0.05, 0.1) is 12.7 Å². The Morgan fingerprint density at radius 3 is 2.72 bits per heavy atom. The molecule has 4 N–H and O–H groups in total. The molecule has 0 fully saturated rings. The molecule has 1 amide bonds. The molecule has 1 aromatic carbocycles. The summed E-state index contributed by atoms with van der Waals surface area (Å²) in [7, 11) is 1.54. The molecule has 0 radical (unpaired) electrons. The number of fused-ring (bicyclic) bond motifs is 1. The van der Waals surface area contributed by atoms with Crippen molar-refractivity contribution in [1.82, 2.24) is 5.43 Å². The molecule has 0 unspecified atom stereocenters. The van der Waals surface area contributed by atoms with E-state index in [1.54, 1.807) is 42.7 Å². The lowest BCUT2D eigenvalue weighted by Gasteiger charge is -2.04. The van der Waals surface area contributed by atoms with Crippen LogP contribution in [0.3, 0.4) is 0 Å². The zero-order valence-corrected chi connectivity index (χ0v) is 13.3. The van der Waals surface area contributed by atoms with Gasteiger partial charge in [0.15, 0.2) is 18.2 Å². The van der Waals surface area contributed by atoms with Gasteiger partial charge in [-0.05, 0) is 24.3 Å². The Kier molecular flexibility index (Phi) is 4.42. The first-order chi connectivity index (χ1) is 12.1. The number of carbonyl (C=O) groups is 1. The second-order valence-electron chi connectivity index (χ2n) is 5.08. The Morgan fingerprint density at radius 1 is 1.24 bits per heavy atom. The number of carbonyl (C=O) groups excluding carboxylic acids is 1. The van der Waals surface area contributed by atoms with E-state index in [0.29, 0.717) is 22.3 Å². The van der Waals surface area contributed by atoms with Gasteiger partial charge in [-0.3, -0.25) is 4.79 Å². The van der Waals surface area contributed by atoms with Crippen molar-refractivity contribution < 1.29 is 18.9 Å². The Hall–Kier alpha value is -3.68. The summed E-state index contributed by atoms with van der Waals surface area (Å²) < 4.78 is 10.4. The van der Waals surface area contributed by atoms with Gasteiger partial charge < -0.3 is 14.9 Å². The fourth-order valence-corrected chi connectivity index (χ4v) is 2.18. The normalized spacial score (nSPS) is 11.3. The number of hydrogen-bond donors (Lipinski definition) is 2. The summed E-state index contributed by atoms with van der Waals surface area (Å²) in [4.78, 5) is 26.8. The number of ether oxygens (including phenoxy) is 1. The molecule has 2 aromatic heterocycles. The number of rotatable bonds is 4. The molecule has 0 aliphatic carbocycles. The van der Waals surface area contributed by atoms with Crippen LogP contribution in [0.25, 0.3) is 11.0 Å². The first-order valence-electron chi connectivity index (χ1n) is 7.30. The van der Waals surface area contributed by atoms with Gasteiger partial charge in [0, 0.05) is 17.5 Å². The molecule has 8 nitrogen and oxygen atoms in total. The SMILES string of the molecule is COc1ccc2oc(=O)c(C(N)=NNC(=O)c3cc[nH+]cc3)cc2c1. The third-order valence-electron chi connectivity index (χ3n) is 3.47. The van der Waals surface area contributed by atoms with Gasteiger partial charge in [0.2, 0.25) is 0 Å². The second-order valence-corrected chi connectivity index (χ2v) is 5.08. The number of H-pyrrole nitrogens is 1. The fourth-order valence-electron chi connectivity index (χ4n) is 2.18. The first-order valence-corrected chi connectivity index (χ1v) is 7.30. The van der Waals surface area contributed by atoms with E-state index in [2.05, 4.69) is 15.5 Å². The number of benzene rings is 1. The van der Waals surface area contributed by atoms with E-state index in [1.165, 1.54) is 13.2 Å². The molecule has 3 rings (SSSR count). The molecule has 25 heavy (non-hydrogen) atoms. The summed E-state index contributed by atoms with van der Waals surface area (Å²) >= 11 is 0. The largest absolute Gasteiger partial charge is 0.497 e. The number of amidine groups is 1. The molecule has 0 atom stereocenters. The maximum atomic E-state index is 12.1. The third kappa shape index (κ3) is 3.47. The summed E-state index contributed by atoms with van der Waals surface area (Å²) in [5, 5.41) is 4.40. The van der Waals surface area contributed by atoms with Gasteiger partial charge in [-0.1, -0.05) is 0 Å². The number of pyridine rings is 1. The van der Waals surface area contributed by atoms with E-state index in [1.807, 2.05) is 0 Å². The lowest BCUT2D eigenvalue weighted by Crippen LogP contribution is -2.27. The average molecular weight is 339 g/mol. The van der Waals surface area contributed by atoms with Crippen LogP contribution in [0.4, 0.5) is 0 Å². The molecular weight excluding hydrogens is 324 g/mol. The van der Waals surface area contributed by atoms with Crippen molar-refractivity contribution in [1.29, 1.82) is 0 Å². The van der Waals surface area contributed by atoms with Gasteiger partial charge in [-0.15, -0.1) is 0 Å². The quantitative estimate of drug-likeness (QED) is 0.313. The van der Waals surface area contributed by atoms with Gasteiger partial charge in [-0.2, -0.15) is 5.10 Å². The van der Waals surface area contributed by atoms with E-state index in [0.717, 1.165) is 0 Å². The Morgan fingerprint density at radius 2 is 2.00 bits per heavy atom. The van der Waals surface area contributed by atoms with Crippen LogP contribution in [0.2, 0.25) is 0 Å². The minimum Gasteiger partial charge on any atom is -0.497 e. The van der Waals surface area contributed by atoms with Crippen molar-refractivity contribution in [2.24, 2.45) is 10.8 Å². The van der Waals surface area contributed by atoms with Crippen LogP contribution < -0.4 is 26.5 Å². The van der Waals surface area contributed by atoms with E-state index in [9.17, 15) is 9.59 Å². The zero-order chi connectivity index (χ0) is 17.8. The van der Waals surface area contributed by atoms with Crippen LogP contribution in [-0.4, -0.2) is 18.9 Å². The minimum atomic E-state index is -0.650. The highest BCUT2D eigenvalue weighted by atomic mass is 16.5. The number of nitrogens with zero attached hydrogens (tertiary/aromatic N) is 1. The first kappa shape index (κ1) is 16.2. The van der Waals surface area contributed by atoms with Crippen molar-refractivity contribution in [3.8, 4) is 5.75 Å². The molecule has 0 aliphatic rings. The number of aromatic amines is 1. The summed E-state index contributed by atoms with van der Waals surface area (Å²) in [5.74, 6) is -0.00453. The molecule has 0 bridgehead atoms. The number of aromatic nitrogens is 1. The molecule has 126 valence electrons. The molecule has 0 saturated carbocycles. The van der Waals surface area contributed by atoms with Crippen LogP contribution in [0, 0.1) is 0 Å². The molecule has 2 heterocycles. The van der Waals surface area contributed by atoms with Crippen molar-refractivity contribution in [2.75, 3.05) is 7.11 Å². The maximum absolute atomic E-state index is 12.1. The Labute approximate surface area is 141 Å². The molecular formula is C17H15N4O4+. The summed E-state index contributed by atoms with van der Waals surface area (Å²) in [6, 6.07) is 9.70. The van der Waals surface area contributed by atoms with Gasteiger partial charge in [-0.25, -0.2) is 15.2 Å². The van der Waals surface area contributed by atoms with E-state index in [-0.39, 0.29) is 11.4 Å². The third-order valence-corrected chi connectivity index (χ3v) is 3.47. The Bertz CT molecular complexity index is 1010. The summed E-state index contributed by atoms with van der Waals surface area (Å²) in [6.07, 6.45) is 3.21. The topological polar surface area (TPSA) is 121 Å². The lowest BCUT2D eigenvalue weighted by molar-refractivity contribution is -0.378. The lowest BCUT2D eigenvalue weighted by atomic mass is 10.1. The summed E-state index contributed by atoms with van der Waals surface area (Å²) in [5.41, 5.74) is 8.30. The van der Waals surface area contributed by atoms with Crippen molar-refractivity contribution in [3.05, 3.63) is 70.3 Å². The zero-order valence-electron chi connectivity index (χ0n) is 13.3. The van der Waals surface area contributed by atoms with Crippen LogP contribution in [-0.2, 0) is 0 Å². The standard InChI is InChI=1S/C17H14N4O4/c1-24-12-2-3-14-11(8-12)9-13(17(23)25-14)15(18)20-21-16(22)10-4-6-19-7-5-10/h2-9H,1H3,(H2,18,20)(H,21,22)/p+1. The van der Waals surface area contributed by atoms with Crippen LogP contribution in [0.1, 0.15) is 15.9 Å². The molecule has 0 aliphatic heterocycles. The van der Waals surface area contributed by atoms with E-state index < -0.39 is 11.5 Å². The van der Waals surface area contributed by atoms with Gasteiger partial charge in [0.25, 0.3) is 5.91 Å². The maximum Gasteiger partial charge on any atom is 0.347 e. The number of nitrogens with one attached hydrogen (secondary N) is 2. The fraction of sp³-hybridized carbons (Fsp3) is 0.0588. The van der Waals surface area contributed by atoms with Gasteiger partial charge in [0.1, 0.15) is 16.9 Å². The van der Waals surface area contributed by atoms with Gasteiger partial charge >= 0.3 is 5.63 Å². The number of amides is 1. The Balaban J connectivity index is 1.90.